The lowest BCUT2D eigenvalue weighted by molar-refractivity contribution is 1.11. The van der Waals surface area contributed by atoms with E-state index in [0.29, 0.717) is 16.6 Å². The van der Waals surface area contributed by atoms with Crippen molar-refractivity contribution >= 4 is 29.0 Å². The van der Waals surface area contributed by atoms with Gasteiger partial charge in [0.25, 0.3) is 0 Å². The lowest BCUT2D eigenvalue weighted by atomic mass is 10.2. The molecule has 2 aromatic rings. The van der Waals surface area contributed by atoms with Crippen LogP contribution in [0.25, 0.3) is 0 Å². The lowest BCUT2D eigenvalue weighted by Crippen LogP contribution is -2.01. The molecule has 1 aromatic carbocycles. The molecule has 0 saturated carbocycles. The van der Waals surface area contributed by atoms with E-state index in [-0.39, 0.29) is 0 Å². The van der Waals surface area contributed by atoms with Gasteiger partial charge < -0.3 is 5.32 Å². The molecule has 88 valence electrons. The third-order valence-electron chi connectivity index (χ3n) is 2.37. The summed E-state index contributed by atoms with van der Waals surface area (Å²) in [6, 6.07) is 9.55. The summed E-state index contributed by atoms with van der Waals surface area (Å²) in [5.74, 6) is 0.857. The maximum Gasteiger partial charge on any atom is 0.126 e. The Kier molecular flexibility index (Phi) is 3.87. The fourth-order valence-electron chi connectivity index (χ4n) is 1.48. The molecule has 0 aliphatic heterocycles. The van der Waals surface area contributed by atoms with Gasteiger partial charge in [0, 0.05) is 12.7 Å². The minimum absolute atomic E-state index is 0.572. The van der Waals surface area contributed by atoms with Crippen LogP contribution in [-0.4, -0.2) is 4.98 Å². The number of nitrogens with one attached hydrogen (secondary N) is 1. The van der Waals surface area contributed by atoms with Crippen LogP contribution >= 0.6 is 23.2 Å². The molecule has 1 heterocycles. The second-order valence-electron chi connectivity index (χ2n) is 3.82. The standard InChI is InChI=1S/C13H12Cl2N2/c1-9-4-5-16-13(6-9)17-8-10-2-3-11(14)12(15)7-10/h2-7H,8H2,1H3,(H,16,17). The van der Waals surface area contributed by atoms with Crippen LogP contribution < -0.4 is 5.32 Å². The molecule has 0 fully saturated rings. The Morgan fingerprint density at radius 1 is 1.12 bits per heavy atom. The monoisotopic (exact) mass is 266 g/mol. The number of pyridine rings is 1. The molecule has 0 aliphatic carbocycles. The van der Waals surface area contributed by atoms with Crippen LogP contribution in [0.4, 0.5) is 5.82 Å². The third-order valence-corrected chi connectivity index (χ3v) is 3.11. The van der Waals surface area contributed by atoms with Gasteiger partial charge in [-0.3, -0.25) is 0 Å². The first-order valence-electron chi connectivity index (χ1n) is 5.25. The molecule has 1 N–H and O–H groups in total. The highest BCUT2D eigenvalue weighted by molar-refractivity contribution is 6.42. The largest absolute Gasteiger partial charge is 0.366 e. The molecule has 2 nitrogen and oxygen atoms in total. The number of benzene rings is 1. The summed E-state index contributed by atoms with van der Waals surface area (Å²) >= 11 is 11.8. The van der Waals surface area contributed by atoms with E-state index in [4.69, 9.17) is 23.2 Å². The number of halogens is 2. The van der Waals surface area contributed by atoms with Crippen LogP contribution in [0.5, 0.6) is 0 Å². The molecule has 0 saturated heterocycles. The third kappa shape index (κ3) is 3.35. The Morgan fingerprint density at radius 3 is 2.65 bits per heavy atom. The van der Waals surface area contributed by atoms with E-state index in [0.717, 1.165) is 11.4 Å². The number of hydrogen-bond acceptors (Lipinski definition) is 2. The first kappa shape index (κ1) is 12.2. The Hall–Kier alpha value is -1.25. The number of aromatic nitrogens is 1. The van der Waals surface area contributed by atoms with Gasteiger partial charge in [-0.2, -0.15) is 0 Å². The van der Waals surface area contributed by atoms with E-state index in [1.165, 1.54) is 5.56 Å². The number of anilines is 1. The maximum absolute atomic E-state index is 5.95. The fourth-order valence-corrected chi connectivity index (χ4v) is 1.80. The summed E-state index contributed by atoms with van der Waals surface area (Å²) in [6.07, 6.45) is 1.78. The quantitative estimate of drug-likeness (QED) is 0.896. The molecular formula is C13H12Cl2N2. The van der Waals surface area contributed by atoms with Crippen LogP contribution in [0, 0.1) is 6.92 Å². The van der Waals surface area contributed by atoms with E-state index >= 15 is 0 Å². The van der Waals surface area contributed by atoms with E-state index in [1.807, 2.05) is 31.2 Å². The van der Waals surface area contributed by atoms with Crippen molar-refractivity contribution in [1.82, 2.24) is 4.98 Å². The Balaban J connectivity index is 2.05. The van der Waals surface area contributed by atoms with Crippen LogP contribution in [0.15, 0.2) is 36.5 Å². The minimum atomic E-state index is 0.572. The van der Waals surface area contributed by atoms with Crippen molar-refractivity contribution in [3.05, 3.63) is 57.7 Å². The van der Waals surface area contributed by atoms with Gasteiger partial charge in [-0.05, 0) is 42.3 Å². The number of rotatable bonds is 3. The van der Waals surface area contributed by atoms with Gasteiger partial charge >= 0.3 is 0 Å². The SMILES string of the molecule is Cc1ccnc(NCc2ccc(Cl)c(Cl)c2)c1. The van der Waals surface area contributed by atoms with E-state index < -0.39 is 0 Å². The molecule has 0 unspecified atom stereocenters. The summed E-state index contributed by atoms with van der Waals surface area (Å²) in [5, 5.41) is 4.38. The Bertz CT molecular complexity index is 527. The normalized spacial score (nSPS) is 10.3. The zero-order valence-corrected chi connectivity index (χ0v) is 10.9. The Morgan fingerprint density at radius 2 is 1.94 bits per heavy atom. The van der Waals surface area contributed by atoms with Crippen molar-refractivity contribution < 1.29 is 0 Å². The van der Waals surface area contributed by atoms with Crippen LogP contribution in [0.3, 0.4) is 0 Å². The predicted octanol–water partition coefficient (Wildman–Crippen LogP) is 4.31. The van der Waals surface area contributed by atoms with Crippen LogP contribution in [0.1, 0.15) is 11.1 Å². The highest BCUT2D eigenvalue weighted by atomic mass is 35.5. The summed E-state index contributed by atoms with van der Waals surface area (Å²) < 4.78 is 0. The first-order chi connectivity index (χ1) is 8.15. The molecular weight excluding hydrogens is 255 g/mol. The van der Waals surface area contributed by atoms with Gasteiger partial charge in [-0.15, -0.1) is 0 Å². The average Bonchev–Trinajstić information content (AvgIpc) is 2.31. The molecule has 0 bridgehead atoms. The smallest absolute Gasteiger partial charge is 0.126 e. The number of hydrogen-bond donors (Lipinski definition) is 1. The fraction of sp³-hybridized carbons (Fsp3) is 0.154. The Labute approximate surface area is 111 Å². The first-order valence-corrected chi connectivity index (χ1v) is 6.01. The number of nitrogens with zero attached hydrogens (tertiary/aromatic N) is 1. The van der Waals surface area contributed by atoms with Crippen molar-refractivity contribution in [1.29, 1.82) is 0 Å². The highest BCUT2D eigenvalue weighted by Gasteiger charge is 2.00. The summed E-state index contributed by atoms with van der Waals surface area (Å²) in [7, 11) is 0. The molecule has 0 radical (unpaired) electrons. The van der Waals surface area contributed by atoms with Crippen LogP contribution in [0.2, 0.25) is 10.0 Å². The molecule has 4 heteroatoms. The minimum Gasteiger partial charge on any atom is -0.366 e. The van der Waals surface area contributed by atoms with Gasteiger partial charge in [0.1, 0.15) is 5.82 Å². The van der Waals surface area contributed by atoms with Gasteiger partial charge in [-0.1, -0.05) is 29.3 Å². The van der Waals surface area contributed by atoms with E-state index in [9.17, 15) is 0 Å². The van der Waals surface area contributed by atoms with Gasteiger partial charge in [0.15, 0.2) is 0 Å². The van der Waals surface area contributed by atoms with E-state index in [2.05, 4.69) is 10.3 Å². The average molecular weight is 267 g/mol. The zero-order valence-electron chi connectivity index (χ0n) is 9.37. The maximum atomic E-state index is 5.95. The second-order valence-corrected chi connectivity index (χ2v) is 4.63. The molecule has 2 rings (SSSR count). The molecule has 0 atom stereocenters. The lowest BCUT2D eigenvalue weighted by Gasteiger charge is -2.07. The number of aryl methyl sites for hydroxylation is 1. The van der Waals surface area contributed by atoms with E-state index in [1.54, 1.807) is 12.3 Å². The van der Waals surface area contributed by atoms with Crippen molar-refractivity contribution in [2.24, 2.45) is 0 Å². The summed E-state index contributed by atoms with van der Waals surface area (Å²) in [6.45, 7) is 2.71. The van der Waals surface area contributed by atoms with Crippen molar-refractivity contribution in [2.75, 3.05) is 5.32 Å². The van der Waals surface area contributed by atoms with Crippen LogP contribution in [-0.2, 0) is 6.54 Å². The predicted molar refractivity (Wildman–Crippen MR) is 72.8 cm³/mol. The molecule has 0 aliphatic rings. The van der Waals surface area contributed by atoms with Gasteiger partial charge in [-0.25, -0.2) is 4.98 Å². The molecule has 17 heavy (non-hydrogen) atoms. The van der Waals surface area contributed by atoms with Crippen molar-refractivity contribution in [3.63, 3.8) is 0 Å². The van der Waals surface area contributed by atoms with Crippen molar-refractivity contribution in [3.8, 4) is 0 Å². The van der Waals surface area contributed by atoms with Gasteiger partial charge in [0.05, 0.1) is 10.0 Å². The summed E-state index contributed by atoms with van der Waals surface area (Å²) in [5.41, 5.74) is 2.25. The van der Waals surface area contributed by atoms with Crippen molar-refractivity contribution in [2.45, 2.75) is 13.5 Å². The highest BCUT2D eigenvalue weighted by Crippen LogP contribution is 2.22. The van der Waals surface area contributed by atoms with Gasteiger partial charge in [0.2, 0.25) is 0 Å². The molecule has 0 amide bonds. The summed E-state index contributed by atoms with van der Waals surface area (Å²) in [4.78, 5) is 4.22. The topological polar surface area (TPSA) is 24.9 Å². The zero-order chi connectivity index (χ0) is 12.3. The molecule has 0 spiro atoms. The second kappa shape index (κ2) is 5.39. The molecule has 1 aromatic heterocycles.